The smallest absolute Gasteiger partial charge is 0.376 e. The summed E-state index contributed by atoms with van der Waals surface area (Å²) in [5.74, 6) is 0. The Bertz CT molecular complexity index is 823. The van der Waals surface area contributed by atoms with Crippen molar-refractivity contribution in [1.82, 2.24) is 0 Å². The second kappa shape index (κ2) is 8.82. The molecule has 0 saturated carbocycles. The number of aliphatic hydroxyl groups is 1. The molecular weight excluding hydrogens is 375 g/mol. The Morgan fingerprint density at radius 2 is 0.750 bits per heavy atom. The lowest BCUT2D eigenvalue weighted by atomic mass is 9.80. The Balaban J connectivity index is 0.000000500. The molecule has 3 aromatic rings. The highest BCUT2D eigenvalue weighted by atomic mass is 31.2. The molecule has 0 fully saturated rings. The van der Waals surface area contributed by atoms with E-state index < -0.39 is 13.4 Å². The van der Waals surface area contributed by atoms with Crippen LogP contribution in [-0.2, 0) is 10.2 Å². The molecule has 0 heterocycles. The first kappa shape index (κ1) is 22.0. The van der Waals surface area contributed by atoms with E-state index in [2.05, 4.69) is 20.8 Å². The van der Waals surface area contributed by atoms with Gasteiger partial charge in [0.2, 0.25) is 0 Å². The third-order valence-corrected chi connectivity index (χ3v) is 4.41. The van der Waals surface area contributed by atoms with Crippen LogP contribution in [0.2, 0.25) is 0 Å². The number of hydrogen-bond donors (Lipinski definition) is 4. The lowest BCUT2D eigenvalue weighted by molar-refractivity contribution is 0.125. The predicted molar refractivity (Wildman–Crippen MR) is 110 cm³/mol. The zero-order valence-electron chi connectivity index (χ0n) is 16.1. The summed E-state index contributed by atoms with van der Waals surface area (Å²) in [7, 11) is -4.64. The van der Waals surface area contributed by atoms with E-state index in [9.17, 15) is 5.11 Å². The van der Waals surface area contributed by atoms with Gasteiger partial charge in [-0.25, -0.2) is 4.57 Å². The Kier molecular flexibility index (Phi) is 6.94. The minimum Gasteiger partial charge on any atom is -0.376 e. The van der Waals surface area contributed by atoms with Gasteiger partial charge in [-0.05, 0) is 37.5 Å². The first-order valence-electron chi connectivity index (χ1n) is 8.72. The fraction of sp³-hybridized carbons (Fsp3) is 0.182. The van der Waals surface area contributed by atoms with Gasteiger partial charge in [0.25, 0.3) is 0 Å². The summed E-state index contributed by atoms with van der Waals surface area (Å²) in [6.07, 6.45) is 0. The molecule has 0 amide bonds. The van der Waals surface area contributed by atoms with Crippen LogP contribution >= 0.6 is 7.82 Å². The molecular formula is C22H25O5P. The summed E-state index contributed by atoms with van der Waals surface area (Å²) < 4.78 is 8.88. The maximum atomic E-state index is 11.7. The topological polar surface area (TPSA) is 98.0 Å². The third-order valence-electron chi connectivity index (χ3n) is 4.41. The standard InChI is InChI=1S/C22H22O.H3O4P/c1-16-4-10-19(11-5-16)22(23,20-12-6-17(2)7-13-20)21-14-8-18(3)9-15-21;1-5(2,3)4/h4-15,23H,1-3H3;(H3,1,2,3,4). The van der Waals surface area contributed by atoms with Crippen molar-refractivity contribution >= 4 is 7.82 Å². The van der Waals surface area contributed by atoms with Crippen LogP contribution in [0.1, 0.15) is 33.4 Å². The highest BCUT2D eigenvalue weighted by molar-refractivity contribution is 7.45. The van der Waals surface area contributed by atoms with Gasteiger partial charge < -0.3 is 19.8 Å². The fourth-order valence-corrected chi connectivity index (χ4v) is 2.88. The van der Waals surface area contributed by atoms with Crippen LogP contribution in [0.4, 0.5) is 0 Å². The predicted octanol–water partition coefficient (Wildman–Crippen LogP) is 3.97. The molecule has 0 atom stereocenters. The largest absolute Gasteiger partial charge is 0.466 e. The number of rotatable bonds is 3. The summed E-state index contributed by atoms with van der Waals surface area (Å²) in [6, 6.07) is 24.3. The second-order valence-electron chi connectivity index (χ2n) is 6.82. The van der Waals surface area contributed by atoms with Gasteiger partial charge in [0.15, 0.2) is 0 Å². The number of phosphoric acid groups is 1. The minimum atomic E-state index is -4.64. The average molecular weight is 400 g/mol. The van der Waals surface area contributed by atoms with E-state index in [1.807, 2.05) is 72.8 Å². The lowest BCUT2D eigenvalue weighted by Gasteiger charge is -2.30. The van der Waals surface area contributed by atoms with Gasteiger partial charge in [0.1, 0.15) is 5.60 Å². The molecule has 0 spiro atoms. The van der Waals surface area contributed by atoms with Crippen LogP contribution in [-0.4, -0.2) is 19.8 Å². The van der Waals surface area contributed by atoms with Gasteiger partial charge in [-0.1, -0.05) is 89.5 Å². The van der Waals surface area contributed by atoms with Gasteiger partial charge in [0.05, 0.1) is 0 Å². The number of hydrogen-bond acceptors (Lipinski definition) is 2. The van der Waals surface area contributed by atoms with Gasteiger partial charge in [0, 0.05) is 0 Å². The van der Waals surface area contributed by atoms with E-state index in [1.165, 1.54) is 16.7 Å². The van der Waals surface area contributed by atoms with Crippen molar-refractivity contribution in [2.45, 2.75) is 26.4 Å². The first-order valence-corrected chi connectivity index (χ1v) is 10.3. The minimum absolute atomic E-state index is 0.885. The monoisotopic (exact) mass is 400 g/mol. The molecule has 6 heteroatoms. The van der Waals surface area contributed by atoms with Crippen molar-refractivity contribution in [1.29, 1.82) is 0 Å². The lowest BCUT2D eigenvalue weighted by Crippen LogP contribution is -2.28. The Morgan fingerprint density at radius 3 is 0.929 bits per heavy atom. The van der Waals surface area contributed by atoms with Crippen LogP contribution in [0.5, 0.6) is 0 Å². The number of benzene rings is 3. The molecule has 0 aromatic heterocycles. The van der Waals surface area contributed by atoms with E-state index in [0.717, 1.165) is 16.7 Å². The summed E-state index contributed by atoms with van der Waals surface area (Å²) >= 11 is 0. The number of aryl methyl sites for hydroxylation is 3. The van der Waals surface area contributed by atoms with Gasteiger partial charge in [-0.15, -0.1) is 0 Å². The Labute approximate surface area is 165 Å². The van der Waals surface area contributed by atoms with E-state index in [4.69, 9.17) is 19.2 Å². The van der Waals surface area contributed by atoms with Crippen molar-refractivity contribution in [3.8, 4) is 0 Å². The second-order valence-corrected chi connectivity index (χ2v) is 7.85. The molecule has 0 saturated heterocycles. The van der Waals surface area contributed by atoms with E-state index in [0.29, 0.717) is 0 Å². The zero-order chi connectivity index (χ0) is 20.9. The van der Waals surface area contributed by atoms with Crippen LogP contribution < -0.4 is 0 Å². The van der Waals surface area contributed by atoms with Crippen molar-refractivity contribution in [2.24, 2.45) is 0 Å². The van der Waals surface area contributed by atoms with Crippen LogP contribution in [0.15, 0.2) is 72.8 Å². The average Bonchev–Trinajstić information content (AvgIpc) is 2.61. The van der Waals surface area contributed by atoms with Crippen LogP contribution in [0.25, 0.3) is 0 Å². The fourth-order valence-electron chi connectivity index (χ4n) is 2.88. The van der Waals surface area contributed by atoms with E-state index >= 15 is 0 Å². The molecule has 0 aliphatic heterocycles. The molecule has 4 N–H and O–H groups in total. The molecule has 0 aliphatic carbocycles. The quantitative estimate of drug-likeness (QED) is 0.394. The molecule has 0 unspecified atom stereocenters. The summed E-state index contributed by atoms with van der Waals surface area (Å²) in [6.45, 7) is 6.17. The molecule has 3 aromatic carbocycles. The Hall–Kier alpha value is -2.27. The molecule has 148 valence electrons. The van der Waals surface area contributed by atoms with E-state index in [1.54, 1.807) is 0 Å². The van der Waals surface area contributed by atoms with Gasteiger partial charge in [-0.2, -0.15) is 0 Å². The summed E-state index contributed by atoms with van der Waals surface area (Å²) in [5.41, 5.74) is 5.06. The van der Waals surface area contributed by atoms with Crippen LogP contribution in [0, 0.1) is 20.8 Å². The normalized spacial score (nSPS) is 11.5. The maximum Gasteiger partial charge on any atom is 0.466 e. The van der Waals surface area contributed by atoms with Crippen molar-refractivity contribution in [3.63, 3.8) is 0 Å². The van der Waals surface area contributed by atoms with E-state index in [-0.39, 0.29) is 0 Å². The third kappa shape index (κ3) is 5.86. The first-order chi connectivity index (χ1) is 13.0. The molecule has 5 nitrogen and oxygen atoms in total. The zero-order valence-corrected chi connectivity index (χ0v) is 17.0. The van der Waals surface area contributed by atoms with Gasteiger partial charge in [-0.3, -0.25) is 0 Å². The highest BCUT2D eigenvalue weighted by Gasteiger charge is 2.33. The van der Waals surface area contributed by atoms with Gasteiger partial charge >= 0.3 is 7.82 Å². The SMILES string of the molecule is Cc1ccc(C(O)(c2ccc(C)cc2)c2ccc(C)cc2)cc1.O=P(O)(O)O. The molecule has 28 heavy (non-hydrogen) atoms. The molecule has 0 aliphatic rings. The molecule has 3 rings (SSSR count). The molecule has 0 radical (unpaired) electrons. The maximum absolute atomic E-state index is 11.7. The van der Waals surface area contributed by atoms with Crippen molar-refractivity contribution in [2.75, 3.05) is 0 Å². The molecule has 0 bridgehead atoms. The highest BCUT2D eigenvalue weighted by Crippen LogP contribution is 2.37. The van der Waals surface area contributed by atoms with Crippen LogP contribution in [0.3, 0.4) is 0 Å². The summed E-state index contributed by atoms with van der Waals surface area (Å²) in [4.78, 5) is 21.6. The van der Waals surface area contributed by atoms with Crippen molar-refractivity contribution in [3.05, 3.63) is 106 Å². The Morgan fingerprint density at radius 1 is 0.571 bits per heavy atom. The van der Waals surface area contributed by atoms with Crippen molar-refractivity contribution < 1.29 is 24.4 Å². The summed E-state index contributed by atoms with van der Waals surface area (Å²) in [5, 5.41) is 11.7.